The van der Waals surface area contributed by atoms with E-state index in [1.54, 1.807) is 18.2 Å². The van der Waals surface area contributed by atoms with Gasteiger partial charge >= 0.3 is 0 Å². The second-order valence-electron chi connectivity index (χ2n) is 5.26. The minimum absolute atomic E-state index is 0.292. The number of hydrogen-bond acceptors (Lipinski definition) is 4. The number of amides is 1. The van der Waals surface area contributed by atoms with Crippen molar-refractivity contribution in [1.29, 1.82) is 0 Å². The first kappa shape index (κ1) is 17.0. The van der Waals surface area contributed by atoms with Gasteiger partial charge in [-0.3, -0.25) is 4.79 Å². The molecule has 1 amide bonds. The number of halogens is 2. The molecule has 0 bridgehead atoms. The lowest BCUT2D eigenvalue weighted by molar-refractivity contribution is 0.269. The molecule has 2 aromatic carbocycles. The average Bonchev–Trinajstić information content (AvgIpc) is 2.52. The summed E-state index contributed by atoms with van der Waals surface area (Å²) < 4.78 is 0. The lowest BCUT2D eigenvalue weighted by atomic mass is 10.1. The van der Waals surface area contributed by atoms with Crippen molar-refractivity contribution < 1.29 is 4.79 Å². The van der Waals surface area contributed by atoms with Crippen LogP contribution in [0.15, 0.2) is 41.6 Å². The number of aryl methyl sites for hydroxylation is 2. The van der Waals surface area contributed by atoms with Gasteiger partial charge in [-0.15, -0.1) is 0 Å². The molecule has 0 radical (unpaired) electrons. The summed E-state index contributed by atoms with van der Waals surface area (Å²) in [6.45, 7) is 3.93. The molecule has 1 aromatic heterocycles. The van der Waals surface area contributed by atoms with Crippen LogP contribution in [0.5, 0.6) is 0 Å². The molecule has 1 heterocycles. The Balaban J connectivity index is 1.80. The smallest absolute Gasteiger partial charge is 0.291 e. The van der Waals surface area contributed by atoms with E-state index in [1.165, 1.54) is 0 Å². The fourth-order valence-electron chi connectivity index (χ4n) is 2.21. The summed E-state index contributed by atoms with van der Waals surface area (Å²) in [5.74, 6) is 0. The van der Waals surface area contributed by atoms with E-state index in [4.69, 9.17) is 23.2 Å². The quantitative estimate of drug-likeness (QED) is 0.447. The zero-order valence-corrected chi connectivity index (χ0v) is 15.3. The van der Waals surface area contributed by atoms with E-state index in [9.17, 15) is 4.79 Å². The SMILES string of the molecule is Cc1ccc2nc(SC(=O)Nc3ccc(Cl)c(Cl)c3)nc(C)c2c1. The van der Waals surface area contributed by atoms with Crippen molar-refractivity contribution in [1.82, 2.24) is 9.97 Å². The third kappa shape index (κ3) is 3.80. The fourth-order valence-corrected chi connectivity index (χ4v) is 3.17. The van der Waals surface area contributed by atoms with Crippen LogP contribution in [0.1, 0.15) is 11.3 Å². The standard InChI is InChI=1S/C17H13Cl2N3OS/c1-9-3-6-15-12(7-9)10(2)20-16(22-15)24-17(23)21-11-4-5-13(18)14(19)8-11/h3-8H,1-2H3,(H,21,23). The number of carbonyl (C=O) groups is 1. The number of nitrogens with zero attached hydrogens (tertiary/aromatic N) is 2. The van der Waals surface area contributed by atoms with Gasteiger partial charge in [-0.2, -0.15) is 0 Å². The highest BCUT2D eigenvalue weighted by molar-refractivity contribution is 8.13. The molecule has 0 aliphatic carbocycles. The Morgan fingerprint density at radius 3 is 2.58 bits per heavy atom. The van der Waals surface area contributed by atoms with E-state index in [-0.39, 0.29) is 5.24 Å². The highest BCUT2D eigenvalue weighted by Crippen LogP contribution is 2.27. The third-order valence-electron chi connectivity index (χ3n) is 3.37. The molecule has 1 N–H and O–H groups in total. The van der Waals surface area contributed by atoms with E-state index in [0.717, 1.165) is 33.9 Å². The first-order chi connectivity index (χ1) is 11.4. The Labute approximate surface area is 153 Å². The average molecular weight is 378 g/mol. The summed E-state index contributed by atoms with van der Waals surface area (Å²) in [7, 11) is 0. The van der Waals surface area contributed by atoms with Gasteiger partial charge in [-0.05, 0) is 44.2 Å². The van der Waals surface area contributed by atoms with Gasteiger partial charge in [0.25, 0.3) is 5.24 Å². The molecule has 4 nitrogen and oxygen atoms in total. The van der Waals surface area contributed by atoms with Gasteiger partial charge in [0.1, 0.15) is 0 Å². The van der Waals surface area contributed by atoms with Crippen molar-refractivity contribution >= 4 is 56.8 Å². The first-order valence-electron chi connectivity index (χ1n) is 7.11. The molecular weight excluding hydrogens is 365 g/mol. The fraction of sp³-hybridized carbons (Fsp3) is 0.118. The topological polar surface area (TPSA) is 54.9 Å². The van der Waals surface area contributed by atoms with Crippen molar-refractivity contribution in [2.75, 3.05) is 5.32 Å². The second kappa shape index (κ2) is 6.97. The van der Waals surface area contributed by atoms with E-state index in [1.807, 2.05) is 32.0 Å². The van der Waals surface area contributed by atoms with Crippen LogP contribution in [0.4, 0.5) is 10.5 Å². The number of thioether (sulfide) groups is 1. The van der Waals surface area contributed by atoms with E-state index in [2.05, 4.69) is 15.3 Å². The van der Waals surface area contributed by atoms with E-state index in [0.29, 0.717) is 20.9 Å². The van der Waals surface area contributed by atoms with Gasteiger partial charge < -0.3 is 5.32 Å². The number of nitrogens with one attached hydrogen (secondary N) is 1. The molecule has 24 heavy (non-hydrogen) atoms. The summed E-state index contributed by atoms with van der Waals surface area (Å²) in [5.41, 5.74) is 3.37. The molecular formula is C17H13Cl2N3OS. The maximum Gasteiger partial charge on any atom is 0.291 e. The van der Waals surface area contributed by atoms with Crippen LogP contribution in [0.3, 0.4) is 0 Å². The zero-order valence-electron chi connectivity index (χ0n) is 12.9. The molecule has 0 saturated heterocycles. The third-order valence-corrected chi connectivity index (χ3v) is 4.76. The Morgan fingerprint density at radius 1 is 1.04 bits per heavy atom. The predicted molar refractivity (Wildman–Crippen MR) is 100 cm³/mol. The molecule has 122 valence electrons. The van der Waals surface area contributed by atoms with Crippen molar-refractivity contribution in [3.8, 4) is 0 Å². The summed E-state index contributed by atoms with van der Waals surface area (Å²) in [4.78, 5) is 21.0. The van der Waals surface area contributed by atoms with Crippen LogP contribution in [-0.2, 0) is 0 Å². The number of carbonyl (C=O) groups excluding carboxylic acids is 1. The Morgan fingerprint density at radius 2 is 1.83 bits per heavy atom. The maximum absolute atomic E-state index is 12.2. The zero-order chi connectivity index (χ0) is 17.3. The van der Waals surface area contributed by atoms with Crippen molar-refractivity contribution in [3.05, 3.63) is 57.7 Å². The van der Waals surface area contributed by atoms with E-state index < -0.39 is 0 Å². The minimum atomic E-state index is -0.292. The van der Waals surface area contributed by atoms with Crippen molar-refractivity contribution in [2.24, 2.45) is 0 Å². The van der Waals surface area contributed by atoms with E-state index >= 15 is 0 Å². The van der Waals surface area contributed by atoms with Crippen LogP contribution in [0.25, 0.3) is 10.9 Å². The summed E-state index contributed by atoms with van der Waals surface area (Å²) in [5, 5.41) is 4.66. The molecule has 3 rings (SSSR count). The highest BCUT2D eigenvalue weighted by atomic mass is 35.5. The number of aromatic nitrogens is 2. The predicted octanol–water partition coefficient (Wildman–Crippen LogP) is 5.88. The van der Waals surface area contributed by atoms with Crippen LogP contribution in [0, 0.1) is 13.8 Å². The maximum atomic E-state index is 12.2. The van der Waals surface area contributed by atoms with Crippen LogP contribution >= 0.6 is 35.0 Å². The summed E-state index contributed by atoms with van der Waals surface area (Å²) >= 11 is 12.7. The number of anilines is 1. The Kier molecular flexibility index (Phi) is 4.94. The second-order valence-corrected chi connectivity index (χ2v) is 7.01. The lowest BCUT2D eigenvalue weighted by Crippen LogP contribution is -2.06. The van der Waals surface area contributed by atoms with Crippen molar-refractivity contribution in [3.63, 3.8) is 0 Å². The van der Waals surface area contributed by atoms with Crippen LogP contribution in [0.2, 0.25) is 10.0 Å². The monoisotopic (exact) mass is 377 g/mol. The van der Waals surface area contributed by atoms with Gasteiger partial charge in [0.2, 0.25) is 0 Å². The van der Waals surface area contributed by atoms with Crippen LogP contribution < -0.4 is 5.32 Å². The molecule has 0 spiro atoms. The molecule has 7 heteroatoms. The largest absolute Gasteiger partial charge is 0.316 e. The molecule has 0 atom stereocenters. The number of fused-ring (bicyclic) bond motifs is 1. The van der Waals surface area contributed by atoms with Gasteiger partial charge in [0.15, 0.2) is 5.16 Å². The normalized spacial score (nSPS) is 10.8. The summed E-state index contributed by atoms with van der Waals surface area (Å²) in [6, 6.07) is 10.9. The Bertz CT molecular complexity index is 947. The van der Waals surface area contributed by atoms with Gasteiger partial charge in [0.05, 0.1) is 15.6 Å². The molecule has 0 unspecified atom stereocenters. The van der Waals surface area contributed by atoms with Gasteiger partial charge in [-0.25, -0.2) is 9.97 Å². The van der Waals surface area contributed by atoms with Gasteiger partial charge in [-0.1, -0.05) is 34.8 Å². The number of rotatable bonds is 2. The lowest BCUT2D eigenvalue weighted by Gasteiger charge is -2.07. The van der Waals surface area contributed by atoms with Gasteiger partial charge in [0, 0.05) is 28.5 Å². The van der Waals surface area contributed by atoms with Crippen molar-refractivity contribution in [2.45, 2.75) is 19.0 Å². The molecule has 0 aliphatic rings. The minimum Gasteiger partial charge on any atom is -0.316 e. The molecule has 0 fully saturated rings. The summed E-state index contributed by atoms with van der Waals surface area (Å²) in [6.07, 6.45) is 0. The first-order valence-corrected chi connectivity index (χ1v) is 8.68. The molecule has 0 aliphatic heterocycles. The Hall–Kier alpha value is -1.82. The molecule has 0 saturated carbocycles. The number of hydrogen-bond donors (Lipinski definition) is 1. The molecule has 3 aromatic rings. The van der Waals surface area contributed by atoms with Crippen LogP contribution in [-0.4, -0.2) is 15.2 Å². The number of benzene rings is 2. The highest BCUT2D eigenvalue weighted by Gasteiger charge is 2.11.